The number of ketones is 1. The molecule has 2 heterocycles. The summed E-state index contributed by atoms with van der Waals surface area (Å²) in [5.41, 5.74) is 4.17. The minimum Gasteiger partial charge on any atom is -0.451 e. The van der Waals surface area contributed by atoms with Crippen LogP contribution in [0, 0.1) is 0 Å². The van der Waals surface area contributed by atoms with Crippen LogP contribution in [0.2, 0.25) is 0 Å². The molecule has 2 amide bonds. The van der Waals surface area contributed by atoms with Gasteiger partial charge in [0, 0.05) is 35.6 Å². The lowest BCUT2D eigenvalue weighted by Gasteiger charge is -2.18. The number of amides is 2. The van der Waals surface area contributed by atoms with E-state index in [0.717, 1.165) is 46.6 Å². The Bertz CT molecular complexity index is 1810. The summed E-state index contributed by atoms with van der Waals surface area (Å²) in [6.45, 7) is 1.92. The van der Waals surface area contributed by atoms with Gasteiger partial charge in [-0.3, -0.25) is 14.4 Å². The number of H-pyrrole nitrogens is 1. The summed E-state index contributed by atoms with van der Waals surface area (Å²) in [4.78, 5) is 54.0. The fourth-order valence-electron chi connectivity index (χ4n) is 5.36. The monoisotopic (exact) mass is 577 g/mol. The predicted octanol–water partition coefficient (Wildman–Crippen LogP) is 5.94. The van der Waals surface area contributed by atoms with Gasteiger partial charge in [0.15, 0.2) is 11.2 Å². The maximum atomic E-state index is 13.4. The molecular weight excluding hydrogens is 542 g/mol. The number of unbranched alkanes of at least 4 members (excludes halogenated alkanes) is 2. The van der Waals surface area contributed by atoms with Crippen molar-refractivity contribution < 1.29 is 18.8 Å². The number of carbonyl (C=O) groups is 3. The van der Waals surface area contributed by atoms with E-state index >= 15 is 0 Å². The van der Waals surface area contributed by atoms with Gasteiger partial charge in [-0.1, -0.05) is 73.5 Å². The van der Waals surface area contributed by atoms with Crippen LogP contribution >= 0.6 is 0 Å². The van der Waals surface area contributed by atoms with Gasteiger partial charge in [0.2, 0.25) is 5.91 Å². The predicted molar refractivity (Wildman–Crippen MR) is 168 cm³/mol. The number of fused-ring (bicyclic) bond motifs is 2. The van der Waals surface area contributed by atoms with Crippen molar-refractivity contribution in [2.24, 2.45) is 0 Å². The second-order valence-electron chi connectivity index (χ2n) is 10.7. The number of Topliss-reactive ketones (excluding diaryl/α,β-unsaturated/α-hetero) is 1. The second-order valence-corrected chi connectivity index (χ2v) is 10.7. The molecular formula is C35H35N3O5. The summed E-state index contributed by atoms with van der Waals surface area (Å²) in [6.07, 6.45) is 3.57. The van der Waals surface area contributed by atoms with Crippen LogP contribution in [0.1, 0.15) is 55.1 Å². The highest BCUT2D eigenvalue weighted by Gasteiger charge is 2.23. The van der Waals surface area contributed by atoms with Crippen LogP contribution in [-0.4, -0.2) is 35.2 Å². The van der Waals surface area contributed by atoms with E-state index in [1.165, 1.54) is 0 Å². The molecule has 0 aliphatic rings. The molecule has 0 bridgehead atoms. The van der Waals surface area contributed by atoms with Gasteiger partial charge < -0.3 is 24.8 Å². The molecule has 0 fully saturated rings. The number of hydrogen-bond donors (Lipinski definition) is 3. The minimum atomic E-state index is -0.835. The highest BCUT2D eigenvalue weighted by Crippen LogP contribution is 2.30. The fraction of sp³-hybridized carbons (Fsp3) is 0.257. The van der Waals surface area contributed by atoms with Crippen molar-refractivity contribution in [1.29, 1.82) is 0 Å². The summed E-state index contributed by atoms with van der Waals surface area (Å²) < 4.78 is 5.70. The Morgan fingerprint density at radius 1 is 0.860 bits per heavy atom. The zero-order valence-corrected chi connectivity index (χ0v) is 24.2. The van der Waals surface area contributed by atoms with Crippen LogP contribution in [0.3, 0.4) is 0 Å². The van der Waals surface area contributed by atoms with Crippen LogP contribution < -0.4 is 16.1 Å². The molecule has 1 atom stereocenters. The molecule has 0 unspecified atom stereocenters. The van der Waals surface area contributed by atoms with Crippen LogP contribution in [-0.2, 0) is 16.0 Å². The van der Waals surface area contributed by atoms with Crippen molar-refractivity contribution in [2.75, 3.05) is 6.54 Å². The van der Waals surface area contributed by atoms with E-state index in [1.807, 2.05) is 36.4 Å². The lowest BCUT2D eigenvalue weighted by molar-refractivity contribution is -0.123. The van der Waals surface area contributed by atoms with Gasteiger partial charge in [-0.05, 0) is 55.5 Å². The molecule has 0 saturated carbocycles. The standard InChI is InChI=1S/C35H35N3O5/c1-23(39)12-4-2-7-18-29(38-35(42)32-22-30(40)27-16-9-11-19-31(27)43-32)34(41)36-21-20-26-25-15-8-10-17-28(25)37-33(26)24-13-5-3-6-14-24/h3,5-6,8-11,13-17,19,22,29,37H,2,4,7,12,18,20-21H2,1H3,(H,36,41)(H,38,42)/t29-/m0/s1. The highest BCUT2D eigenvalue weighted by atomic mass is 16.3. The molecule has 3 aromatic carbocycles. The summed E-state index contributed by atoms with van der Waals surface area (Å²) in [6, 6.07) is 25.2. The molecule has 8 heteroatoms. The molecule has 0 radical (unpaired) electrons. The number of para-hydroxylation sites is 2. The smallest absolute Gasteiger partial charge is 0.287 e. The summed E-state index contributed by atoms with van der Waals surface area (Å²) in [5.74, 6) is -0.968. The number of hydrogen-bond acceptors (Lipinski definition) is 5. The third-order valence-electron chi connectivity index (χ3n) is 7.55. The first-order valence-electron chi connectivity index (χ1n) is 14.7. The Balaban J connectivity index is 1.30. The van der Waals surface area contributed by atoms with Crippen molar-refractivity contribution in [3.8, 4) is 11.3 Å². The Kier molecular flexibility index (Phi) is 9.46. The van der Waals surface area contributed by atoms with Crippen molar-refractivity contribution in [3.05, 3.63) is 106 Å². The van der Waals surface area contributed by atoms with E-state index in [2.05, 4.69) is 33.8 Å². The van der Waals surface area contributed by atoms with Gasteiger partial charge in [0.25, 0.3) is 5.91 Å². The average molecular weight is 578 g/mol. The molecule has 3 N–H and O–H groups in total. The normalized spacial score (nSPS) is 11.8. The Morgan fingerprint density at radius 3 is 2.37 bits per heavy atom. The van der Waals surface area contributed by atoms with Crippen molar-refractivity contribution >= 4 is 39.5 Å². The van der Waals surface area contributed by atoms with E-state index < -0.39 is 11.9 Å². The van der Waals surface area contributed by atoms with Crippen LogP contribution in [0.25, 0.3) is 33.1 Å². The maximum Gasteiger partial charge on any atom is 0.287 e. The van der Waals surface area contributed by atoms with E-state index in [9.17, 15) is 19.2 Å². The fourth-order valence-corrected chi connectivity index (χ4v) is 5.36. The highest BCUT2D eigenvalue weighted by molar-refractivity contribution is 5.96. The Labute approximate surface area is 249 Å². The number of aromatic amines is 1. The molecule has 2 aromatic heterocycles. The zero-order chi connectivity index (χ0) is 30.2. The van der Waals surface area contributed by atoms with Crippen LogP contribution in [0.15, 0.2) is 94.1 Å². The summed E-state index contributed by atoms with van der Waals surface area (Å²) in [5, 5.41) is 7.26. The van der Waals surface area contributed by atoms with E-state index in [-0.39, 0.29) is 22.9 Å². The topological polar surface area (TPSA) is 121 Å². The van der Waals surface area contributed by atoms with E-state index in [4.69, 9.17) is 4.42 Å². The Hall–Kier alpha value is -4.98. The minimum absolute atomic E-state index is 0.126. The van der Waals surface area contributed by atoms with Crippen LogP contribution in [0.5, 0.6) is 0 Å². The van der Waals surface area contributed by atoms with Gasteiger partial charge in [-0.25, -0.2) is 0 Å². The summed E-state index contributed by atoms with van der Waals surface area (Å²) >= 11 is 0. The van der Waals surface area contributed by atoms with E-state index in [1.54, 1.807) is 31.2 Å². The van der Waals surface area contributed by atoms with Crippen molar-refractivity contribution in [2.45, 2.75) is 51.5 Å². The van der Waals surface area contributed by atoms with Gasteiger partial charge in [0.1, 0.15) is 17.4 Å². The van der Waals surface area contributed by atoms with Gasteiger partial charge in [-0.15, -0.1) is 0 Å². The molecule has 0 aliphatic heterocycles. The molecule has 0 saturated heterocycles. The number of carbonyl (C=O) groups excluding carboxylic acids is 3. The number of nitrogens with one attached hydrogen (secondary N) is 3. The third-order valence-corrected chi connectivity index (χ3v) is 7.55. The summed E-state index contributed by atoms with van der Waals surface area (Å²) in [7, 11) is 0. The van der Waals surface area contributed by atoms with Gasteiger partial charge in [0.05, 0.1) is 5.39 Å². The molecule has 5 rings (SSSR count). The quantitative estimate of drug-likeness (QED) is 0.150. The molecule has 220 valence electrons. The van der Waals surface area contributed by atoms with Gasteiger partial charge in [-0.2, -0.15) is 0 Å². The zero-order valence-electron chi connectivity index (χ0n) is 24.2. The number of rotatable bonds is 13. The lowest BCUT2D eigenvalue weighted by atomic mass is 10.0. The third kappa shape index (κ3) is 7.27. The second kappa shape index (κ2) is 13.8. The SMILES string of the molecule is CC(=O)CCCCC[C@H](NC(=O)c1cc(=O)c2ccccc2o1)C(=O)NCCc1c(-c2ccccc2)[nH]c2ccccc12. The van der Waals surface area contributed by atoms with Crippen LogP contribution in [0.4, 0.5) is 0 Å². The molecule has 0 spiro atoms. The maximum absolute atomic E-state index is 13.4. The first-order chi connectivity index (χ1) is 20.9. The number of aromatic nitrogens is 1. The first-order valence-corrected chi connectivity index (χ1v) is 14.7. The van der Waals surface area contributed by atoms with Crippen molar-refractivity contribution in [3.63, 3.8) is 0 Å². The Morgan fingerprint density at radius 2 is 1.58 bits per heavy atom. The lowest BCUT2D eigenvalue weighted by Crippen LogP contribution is -2.47. The molecule has 5 aromatic rings. The molecule has 8 nitrogen and oxygen atoms in total. The van der Waals surface area contributed by atoms with E-state index in [0.29, 0.717) is 43.2 Å². The molecule has 0 aliphatic carbocycles. The number of benzene rings is 3. The molecule has 43 heavy (non-hydrogen) atoms. The average Bonchev–Trinajstić information content (AvgIpc) is 3.39. The first kappa shape index (κ1) is 29.5. The van der Waals surface area contributed by atoms with Crippen molar-refractivity contribution in [1.82, 2.24) is 15.6 Å². The largest absolute Gasteiger partial charge is 0.451 e. The van der Waals surface area contributed by atoms with Gasteiger partial charge >= 0.3 is 0 Å².